The number of amides is 1. The molecule has 0 spiro atoms. The molecular formula is C23H35N3O5S. The Bertz CT molecular complexity index is 931. The Kier molecular flexibility index (Phi) is 7.75. The molecule has 0 aliphatic carbocycles. The molecule has 32 heavy (non-hydrogen) atoms. The summed E-state index contributed by atoms with van der Waals surface area (Å²) >= 11 is 0. The molecule has 1 aromatic carbocycles. The van der Waals surface area contributed by atoms with Gasteiger partial charge in [0.25, 0.3) is 0 Å². The van der Waals surface area contributed by atoms with E-state index in [-0.39, 0.29) is 53.8 Å². The maximum absolute atomic E-state index is 13.4. The number of ether oxygens (including phenoxy) is 1. The molecule has 2 heterocycles. The molecule has 0 saturated carbocycles. The van der Waals surface area contributed by atoms with Crippen LogP contribution in [0.3, 0.4) is 0 Å². The number of nitrogens with zero attached hydrogens (tertiary/aromatic N) is 3. The molecule has 3 rings (SSSR count). The average Bonchev–Trinajstić information content (AvgIpc) is 2.73. The van der Waals surface area contributed by atoms with Crippen LogP contribution in [0.5, 0.6) is 0 Å². The van der Waals surface area contributed by atoms with Crippen LogP contribution in [0.1, 0.15) is 45.0 Å². The zero-order valence-electron chi connectivity index (χ0n) is 19.7. The molecule has 2 saturated heterocycles. The van der Waals surface area contributed by atoms with Crippen LogP contribution < -0.4 is 0 Å². The van der Waals surface area contributed by atoms with Crippen molar-refractivity contribution < 1.29 is 22.7 Å². The lowest BCUT2D eigenvalue weighted by atomic mass is 9.98. The summed E-state index contributed by atoms with van der Waals surface area (Å²) in [6.45, 7) is 12.2. The Morgan fingerprint density at radius 2 is 1.62 bits per heavy atom. The van der Waals surface area contributed by atoms with Crippen LogP contribution in [0.2, 0.25) is 0 Å². The van der Waals surface area contributed by atoms with Crippen molar-refractivity contribution >= 4 is 21.7 Å². The van der Waals surface area contributed by atoms with Gasteiger partial charge in [-0.3, -0.25) is 14.5 Å². The zero-order chi connectivity index (χ0) is 23.6. The third-order valence-electron chi connectivity index (χ3n) is 6.15. The number of benzene rings is 1. The molecule has 8 nitrogen and oxygen atoms in total. The first-order valence-corrected chi connectivity index (χ1v) is 12.7. The van der Waals surface area contributed by atoms with E-state index in [4.69, 9.17) is 4.74 Å². The molecule has 0 N–H and O–H groups in total. The van der Waals surface area contributed by atoms with E-state index in [0.29, 0.717) is 31.7 Å². The number of carbonyl (C=O) groups excluding carboxylic acids is 2. The lowest BCUT2D eigenvalue weighted by Crippen LogP contribution is -2.60. The average molecular weight is 466 g/mol. The molecule has 2 fully saturated rings. The van der Waals surface area contributed by atoms with Gasteiger partial charge in [-0.05, 0) is 38.8 Å². The van der Waals surface area contributed by atoms with Crippen molar-refractivity contribution in [2.75, 3.05) is 39.3 Å². The molecule has 9 heteroatoms. The molecule has 3 unspecified atom stereocenters. The predicted octanol–water partition coefficient (Wildman–Crippen LogP) is 1.86. The summed E-state index contributed by atoms with van der Waals surface area (Å²) in [5.74, 6) is 0.0111. The fourth-order valence-electron chi connectivity index (χ4n) is 4.67. The van der Waals surface area contributed by atoms with Gasteiger partial charge in [0.15, 0.2) is 5.78 Å². The third-order valence-corrected chi connectivity index (χ3v) is 8.05. The van der Waals surface area contributed by atoms with Crippen molar-refractivity contribution in [1.29, 1.82) is 0 Å². The van der Waals surface area contributed by atoms with Crippen molar-refractivity contribution in [2.24, 2.45) is 5.92 Å². The van der Waals surface area contributed by atoms with Crippen molar-refractivity contribution in [1.82, 2.24) is 14.1 Å². The van der Waals surface area contributed by atoms with E-state index in [1.165, 1.54) is 23.4 Å². The van der Waals surface area contributed by atoms with E-state index in [1.807, 2.05) is 13.8 Å². The van der Waals surface area contributed by atoms with Gasteiger partial charge in [0.1, 0.15) is 0 Å². The van der Waals surface area contributed by atoms with E-state index in [1.54, 1.807) is 17.0 Å². The summed E-state index contributed by atoms with van der Waals surface area (Å²) in [5, 5.41) is 0. The standard InChI is InChI=1S/C23H35N3O5S/c1-16(2)22(25-14-17(3)31-18(4)15-25)23(28)24-9-11-26(12-10-24)32(29,30)21-8-6-7-20(13-21)19(5)27/h6-8,13,16-18,22H,9-12,14-15H2,1-5H3. The predicted molar refractivity (Wildman–Crippen MR) is 122 cm³/mol. The highest BCUT2D eigenvalue weighted by atomic mass is 32.2. The van der Waals surface area contributed by atoms with Gasteiger partial charge in [0.2, 0.25) is 15.9 Å². The van der Waals surface area contributed by atoms with Gasteiger partial charge in [-0.25, -0.2) is 8.42 Å². The van der Waals surface area contributed by atoms with Crippen molar-refractivity contribution in [3.05, 3.63) is 29.8 Å². The summed E-state index contributed by atoms with van der Waals surface area (Å²) < 4.78 is 33.4. The topological polar surface area (TPSA) is 87.2 Å². The minimum Gasteiger partial charge on any atom is -0.373 e. The first-order chi connectivity index (χ1) is 15.0. The fraction of sp³-hybridized carbons (Fsp3) is 0.652. The highest BCUT2D eigenvalue weighted by Gasteiger charge is 2.38. The smallest absolute Gasteiger partial charge is 0.243 e. The zero-order valence-corrected chi connectivity index (χ0v) is 20.5. The molecule has 1 aromatic rings. The van der Waals surface area contributed by atoms with E-state index < -0.39 is 10.0 Å². The molecule has 2 aliphatic rings. The van der Waals surface area contributed by atoms with E-state index in [2.05, 4.69) is 18.7 Å². The second-order valence-electron chi connectivity index (χ2n) is 9.21. The lowest BCUT2D eigenvalue weighted by molar-refractivity contribution is -0.146. The van der Waals surface area contributed by atoms with Crippen LogP contribution in [0.4, 0.5) is 0 Å². The summed E-state index contributed by atoms with van der Waals surface area (Å²) in [6, 6.07) is 5.87. The number of hydrogen-bond donors (Lipinski definition) is 0. The maximum atomic E-state index is 13.4. The lowest BCUT2D eigenvalue weighted by Gasteiger charge is -2.43. The molecule has 0 radical (unpaired) electrons. The highest BCUT2D eigenvalue weighted by molar-refractivity contribution is 7.89. The number of piperazine rings is 1. The van der Waals surface area contributed by atoms with Crippen LogP contribution in [0, 0.1) is 5.92 Å². The number of ketones is 1. The monoisotopic (exact) mass is 465 g/mol. The normalized spacial score (nSPS) is 24.5. The molecule has 0 aromatic heterocycles. The molecule has 2 aliphatic heterocycles. The quantitative estimate of drug-likeness (QED) is 0.596. The number of rotatable bonds is 6. The third kappa shape index (κ3) is 5.39. The SMILES string of the molecule is CC(=O)c1cccc(S(=O)(=O)N2CCN(C(=O)C(C(C)C)N3CC(C)OC(C)C3)CC2)c1. The van der Waals surface area contributed by atoms with E-state index >= 15 is 0 Å². The first kappa shape index (κ1) is 24.8. The van der Waals surface area contributed by atoms with Gasteiger partial charge in [0, 0.05) is 44.8 Å². The van der Waals surface area contributed by atoms with Crippen molar-refractivity contribution in [3.63, 3.8) is 0 Å². The number of Topliss-reactive ketones (excluding diaryl/α,β-unsaturated/α-hetero) is 1. The van der Waals surface area contributed by atoms with Crippen LogP contribution in [-0.4, -0.2) is 91.7 Å². The van der Waals surface area contributed by atoms with E-state index in [0.717, 1.165) is 0 Å². The number of morpholine rings is 1. The number of hydrogen-bond acceptors (Lipinski definition) is 6. The van der Waals surface area contributed by atoms with Crippen LogP contribution in [-0.2, 0) is 19.6 Å². The molecule has 178 valence electrons. The fourth-order valence-corrected chi connectivity index (χ4v) is 6.14. The van der Waals surface area contributed by atoms with Gasteiger partial charge in [-0.2, -0.15) is 4.31 Å². The van der Waals surface area contributed by atoms with Gasteiger partial charge in [-0.1, -0.05) is 26.0 Å². The Balaban J connectivity index is 1.69. The van der Waals surface area contributed by atoms with Gasteiger partial charge < -0.3 is 9.64 Å². The number of carbonyl (C=O) groups is 2. The Morgan fingerprint density at radius 3 is 2.16 bits per heavy atom. The maximum Gasteiger partial charge on any atom is 0.243 e. The van der Waals surface area contributed by atoms with Crippen LogP contribution >= 0.6 is 0 Å². The van der Waals surface area contributed by atoms with Crippen LogP contribution in [0.15, 0.2) is 29.2 Å². The van der Waals surface area contributed by atoms with Crippen molar-refractivity contribution in [3.8, 4) is 0 Å². The summed E-state index contributed by atoms with van der Waals surface area (Å²) in [6.07, 6.45) is 0.140. The van der Waals surface area contributed by atoms with E-state index in [9.17, 15) is 18.0 Å². The minimum atomic E-state index is -3.72. The molecular weight excluding hydrogens is 430 g/mol. The molecule has 0 bridgehead atoms. The number of sulfonamides is 1. The molecule has 1 amide bonds. The second kappa shape index (κ2) is 9.99. The Hall–Kier alpha value is -1.81. The minimum absolute atomic E-state index is 0.0527. The summed E-state index contributed by atoms with van der Waals surface area (Å²) in [5.41, 5.74) is 0.369. The van der Waals surface area contributed by atoms with Crippen molar-refractivity contribution in [2.45, 2.75) is 57.8 Å². The Morgan fingerprint density at radius 1 is 1.03 bits per heavy atom. The highest BCUT2D eigenvalue weighted by Crippen LogP contribution is 2.23. The largest absolute Gasteiger partial charge is 0.373 e. The second-order valence-corrected chi connectivity index (χ2v) is 11.2. The Labute approximate surface area is 191 Å². The molecule has 3 atom stereocenters. The van der Waals surface area contributed by atoms with Gasteiger partial charge in [0.05, 0.1) is 23.1 Å². The summed E-state index contributed by atoms with van der Waals surface area (Å²) in [7, 11) is -3.72. The first-order valence-electron chi connectivity index (χ1n) is 11.3. The van der Waals surface area contributed by atoms with Gasteiger partial charge in [-0.15, -0.1) is 0 Å². The van der Waals surface area contributed by atoms with Gasteiger partial charge >= 0.3 is 0 Å². The summed E-state index contributed by atoms with van der Waals surface area (Å²) in [4.78, 5) is 29.2. The van der Waals surface area contributed by atoms with Crippen LogP contribution in [0.25, 0.3) is 0 Å².